The first-order valence-electron chi connectivity index (χ1n) is 4.41. The molecule has 1 rings (SSSR count). The highest BCUT2D eigenvalue weighted by atomic mass is 79.9. The Morgan fingerprint density at radius 1 is 1.60 bits per heavy atom. The Morgan fingerprint density at radius 2 is 2.27 bits per heavy atom. The lowest BCUT2D eigenvalue weighted by atomic mass is 10.3. The Hall–Kier alpha value is -1.10. The molecule has 0 aliphatic heterocycles. The van der Waals surface area contributed by atoms with Gasteiger partial charge < -0.3 is 9.64 Å². The zero-order chi connectivity index (χ0) is 11.4. The molecule has 0 aromatic heterocycles. The number of carbonyl (C=O) groups excluding carboxylic acids is 1. The molecule has 3 nitrogen and oxygen atoms in total. The molecule has 5 heteroatoms. The van der Waals surface area contributed by atoms with Gasteiger partial charge in [0.2, 0.25) is 0 Å². The van der Waals surface area contributed by atoms with Gasteiger partial charge >= 0.3 is 0 Å². The van der Waals surface area contributed by atoms with Crippen LogP contribution >= 0.6 is 15.9 Å². The van der Waals surface area contributed by atoms with Crippen LogP contribution in [0.5, 0.6) is 5.75 Å². The highest BCUT2D eigenvalue weighted by Crippen LogP contribution is 2.23. The van der Waals surface area contributed by atoms with Crippen LogP contribution in [-0.2, 0) is 0 Å². The van der Waals surface area contributed by atoms with E-state index in [9.17, 15) is 9.18 Å². The second-order valence-electron chi connectivity index (χ2n) is 2.86. The van der Waals surface area contributed by atoms with E-state index in [1.54, 1.807) is 20.0 Å². The smallest absolute Gasteiger partial charge is 0.293 e. The number of nitrogens with zero attached hydrogens (tertiary/aromatic N) is 1. The molecule has 0 aliphatic rings. The summed E-state index contributed by atoms with van der Waals surface area (Å²) in [6.45, 7) is 2.19. The molecule has 0 fully saturated rings. The Labute approximate surface area is 96.0 Å². The summed E-state index contributed by atoms with van der Waals surface area (Å²) in [6, 6.07) is 4.37. The number of benzene rings is 1. The molecule has 0 heterocycles. The molecule has 1 aromatic carbocycles. The predicted molar refractivity (Wildman–Crippen MR) is 60.3 cm³/mol. The monoisotopic (exact) mass is 275 g/mol. The Balaban J connectivity index is 2.95. The summed E-state index contributed by atoms with van der Waals surface area (Å²) in [5.41, 5.74) is 0.470. The minimum Gasteiger partial charge on any atom is -0.491 e. The second kappa shape index (κ2) is 5.11. The minimum absolute atomic E-state index is 0.191. The largest absolute Gasteiger partial charge is 0.491 e. The number of hydrogen-bond donors (Lipinski definition) is 0. The van der Waals surface area contributed by atoms with Gasteiger partial charge in [-0.05, 0) is 19.1 Å². The summed E-state index contributed by atoms with van der Waals surface area (Å²) in [4.78, 5) is 11.9. The van der Waals surface area contributed by atoms with Gasteiger partial charge in [0.15, 0.2) is 11.6 Å². The third-order valence-electron chi connectivity index (χ3n) is 1.87. The van der Waals surface area contributed by atoms with Crippen LogP contribution in [0.1, 0.15) is 6.92 Å². The van der Waals surface area contributed by atoms with Crippen molar-refractivity contribution in [3.63, 3.8) is 0 Å². The van der Waals surface area contributed by atoms with Crippen molar-refractivity contribution in [1.82, 2.24) is 0 Å². The third kappa shape index (κ3) is 2.92. The maximum absolute atomic E-state index is 13.4. The Morgan fingerprint density at radius 3 is 2.73 bits per heavy atom. The van der Waals surface area contributed by atoms with Gasteiger partial charge in [-0.15, -0.1) is 0 Å². The number of rotatable bonds is 3. The van der Waals surface area contributed by atoms with Crippen molar-refractivity contribution in [3.8, 4) is 5.75 Å². The molecule has 0 N–H and O–H groups in total. The molecule has 0 unspecified atom stereocenters. The van der Waals surface area contributed by atoms with Crippen LogP contribution in [0.25, 0.3) is 0 Å². The van der Waals surface area contributed by atoms with E-state index in [0.717, 1.165) is 0 Å². The zero-order valence-electron chi connectivity index (χ0n) is 8.46. The summed E-state index contributed by atoms with van der Waals surface area (Å²) in [5, 5.41) is 0. The summed E-state index contributed by atoms with van der Waals surface area (Å²) < 4.78 is 18.4. The fourth-order valence-corrected chi connectivity index (χ4v) is 1.28. The summed E-state index contributed by atoms with van der Waals surface area (Å²) >= 11 is 2.78. The average Bonchev–Trinajstić information content (AvgIpc) is 2.20. The SMILES string of the molecule is CCOc1ccc(N(C)C(=O)Br)cc1F. The minimum atomic E-state index is -0.477. The number of hydrogen-bond acceptors (Lipinski definition) is 2. The molecule has 0 bridgehead atoms. The number of amides is 1. The van der Waals surface area contributed by atoms with E-state index in [1.165, 1.54) is 17.0 Å². The van der Waals surface area contributed by atoms with Crippen LogP contribution < -0.4 is 9.64 Å². The molecule has 1 amide bonds. The van der Waals surface area contributed by atoms with Gasteiger partial charge in [0.25, 0.3) is 4.82 Å². The van der Waals surface area contributed by atoms with Crippen molar-refractivity contribution in [2.45, 2.75) is 6.92 Å². The van der Waals surface area contributed by atoms with E-state index in [2.05, 4.69) is 15.9 Å². The first-order valence-corrected chi connectivity index (χ1v) is 5.21. The second-order valence-corrected chi connectivity index (χ2v) is 3.54. The quantitative estimate of drug-likeness (QED) is 0.627. The first-order chi connectivity index (χ1) is 7.06. The maximum atomic E-state index is 13.4. The Bertz CT molecular complexity index is 370. The van der Waals surface area contributed by atoms with Gasteiger partial charge in [-0.1, -0.05) is 0 Å². The molecule has 0 aliphatic carbocycles. The molecule has 0 saturated carbocycles. The van der Waals surface area contributed by atoms with Crippen molar-refractivity contribution in [2.24, 2.45) is 0 Å². The van der Waals surface area contributed by atoms with Crippen LogP contribution in [0.15, 0.2) is 18.2 Å². The third-order valence-corrected chi connectivity index (χ3v) is 2.40. The molecule has 0 spiro atoms. The lowest BCUT2D eigenvalue weighted by Gasteiger charge is -2.14. The number of ether oxygens (including phenoxy) is 1. The van der Waals surface area contributed by atoms with Gasteiger partial charge in [0.05, 0.1) is 6.61 Å². The molecule has 0 atom stereocenters. The van der Waals surface area contributed by atoms with Crippen LogP contribution in [-0.4, -0.2) is 18.5 Å². The lowest BCUT2D eigenvalue weighted by molar-refractivity contribution is 0.267. The highest BCUT2D eigenvalue weighted by Gasteiger charge is 2.10. The van der Waals surface area contributed by atoms with Crippen molar-refractivity contribution in [2.75, 3.05) is 18.6 Å². The molecule has 0 saturated heterocycles. The molecular weight excluding hydrogens is 265 g/mol. The van der Waals surface area contributed by atoms with E-state index in [1.807, 2.05) is 0 Å². The predicted octanol–water partition coefficient (Wildman–Crippen LogP) is 3.18. The lowest BCUT2D eigenvalue weighted by Crippen LogP contribution is -2.19. The topological polar surface area (TPSA) is 29.5 Å². The summed E-state index contributed by atoms with van der Waals surface area (Å²) in [7, 11) is 1.55. The van der Waals surface area contributed by atoms with Gasteiger partial charge in [-0.25, -0.2) is 4.39 Å². The maximum Gasteiger partial charge on any atom is 0.293 e. The van der Waals surface area contributed by atoms with Crippen molar-refractivity contribution in [1.29, 1.82) is 0 Å². The zero-order valence-corrected chi connectivity index (χ0v) is 10.0. The molecule has 15 heavy (non-hydrogen) atoms. The summed E-state index contributed by atoms with van der Waals surface area (Å²) in [5.74, 6) is -0.286. The highest BCUT2D eigenvalue weighted by molar-refractivity contribution is 9.18. The van der Waals surface area contributed by atoms with Crippen LogP contribution in [0, 0.1) is 5.82 Å². The van der Waals surface area contributed by atoms with Crippen molar-refractivity contribution >= 4 is 26.4 Å². The van der Waals surface area contributed by atoms with Gasteiger partial charge in [-0.2, -0.15) is 0 Å². The number of anilines is 1. The van der Waals surface area contributed by atoms with Crippen LogP contribution in [0.4, 0.5) is 14.9 Å². The summed E-state index contributed by atoms with van der Waals surface area (Å²) in [6.07, 6.45) is 0. The van der Waals surface area contributed by atoms with E-state index in [4.69, 9.17) is 4.74 Å². The van der Waals surface area contributed by atoms with E-state index < -0.39 is 5.82 Å². The number of carbonyl (C=O) groups is 1. The van der Waals surface area contributed by atoms with E-state index >= 15 is 0 Å². The van der Waals surface area contributed by atoms with Gasteiger partial charge in [0, 0.05) is 34.7 Å². The Kier molecular flexibility index (Phi) is 4.08. The average molecular weight is 276 g/mol. The van der Waals surface area contributed by atoms with Crippen LogP contribution in [0.3, 0.4) is 0 Å². The van der Waals surface area contributed by atoms with Gasteiger partial charge in [0.1, 0.15) is 0 Å². The molecule has 82 valence electrons. The molecule has 0 radical (unpaired) electrons. The van der Waals surface area contributed by atoms with Crippen molar-refractivity contribution < 1.29 is 13.9 Å². The molecule has 1 aromatic rings. The normalized spacial score (nSPS) is 9.87. The molecular formula is C10H11BrFNO2. The fourth-order valence-electron chi connectivity index (χ4n) is 1.07. The standard InChI is InChI=1S/C10H11BrFNO2/c1-3-15-9-5-4-7(6-8(9)12)13(2)10(11)14/h4-6H,3H2,1-2H3. The van der Waals surface area contributed by atoms with Crippen LogP contribution in [0.2, 0.25) is 0 Å². The van der Waals surface area contributed by atoms with E-state index in [-0.39, 0.29) is 10.6 Å². The van der Waals surface area contributed by atoms with E-state index in [0.29, 0.717) is 12.3 Å². The first kappa shape index (κ1) is 12.0. The van der Waals surface area contributed by atoms with Crippen molar-refractivity contribution in [3.05, 3.63) is 24.0 Å². The fraction of sp³-hybridized carbons (Fsp3) is 0.300. The number of halogens is 2. The van der Waals surface area contributed by atoms with Gasteiger partial charge in [-0.3, -0.25) is 4.79 Å².